The standard InChI is InChI=1S/C19H19N3O3/c23-18-14-8-4-3-7-13(14)17(20-21-18)19(24)22-11-5-1-2-9-15(22)16-10-6-12-25-16/h3-4,6-8,10,12,15H,1-2,5,9,11H2,(H,21,23)/t15-/m1/s1. The molecule has 4 rings (SSSR count). The maximum atomic E-state index is 13.3. The van der Waals surface area contributed by atoms with Crippen LogP contribution in [0, 0.1) is 0 Å². The van der Waals surface area contributed by atoms with Gasteiger partial charge in [-0.3, -0.25) is 9.59 Å². The topological polar surface area (TPSA) is 79.2 Å². The predicted molar refractivity (Wildman–Crippen MR) is 93.3 cm³/mol. The highest BCUT2D eigenvalue weighted by molar-refractivity contribution is 6.04. The van der Waals surface area contributed by atoms with Crippen LogP contribution in [-0.4, -0.2) is 27.5 Å². The van der Waals surface area contributed by atoms with E-state index in [4.69, 9.17) is 4.42 Å². The van der Waals surface area contributed by atoms with Gasteiger partial charge < -0.3 is 9.32 Å². The zero-order valence-electron chi connectivity index (χ0n) is 13.8. The molecule has 3 heterocycles. The van der Waals surface area contributed by atoms with Gasteiger partial charge in [-0.2, -0.15) is 5.10 Å². The zero-order valence-corrected chi connectivity index (χ0v) is 13.8. The molecule has 0 spiro atoms. The summed E-state index contributed by atoms with van der Waals surface area (Å²) in [5.74, 6) is 0.625. The number of fused-ring (bicyclic) bond motifs is 1. The van der Waals surface area contributed by atoms with Crippen LogP contribution in [0.15, 0.2) is 51.9 Å². The number of nitrogens with zero attached hydrogens (tertiary/aromatic N) is 2. The van der Waals surface area contributed by atoms with Crippen molar-refractivity contribution in [3.8, 4) is 0 Å². The number of furan rings is 1. The maximum Gasteiger partial charge on any atom is 0.275 e. The molecule has 0 saturated carbocycles. The third kappa shape index (κ3) is 2.84. The first kappa shape index (κ1) is 15.6. The van der Waals surface area contributed by atoms with E-state index < -0.39 is 0 Å². The summed E-state index contributed by atoms with van der Waals surface area (Å²) in [6, 6.07) is 10.7. The van der Waals surface area contributed by atoms with Crippen LogP contribution in [0.25, 0.3) is 10.8 Å². The molecule has 0 bridgehead atoms. The molecule has 1 fully saturated rings. The van der Waals surface area contributed by atoms with Crippen molar-refractivity contribution in [1.82, 2.24) is 15.1 Å². The smallest absolute Gasteiger partial charge is 0.275 e. The van der Waals surface area contributed by atoms with Crippen LogP contribution in [-0.2, 0) is 0 Å². The average Bonchev–Trinajstić information content (AvgIpc) is 3.06. The lowest BCUT2D eigenvalue weighted by Gasteiger charge is -2.28. The van der Waals surface area contributed by atoms with Crippen molar-refractivity contribution in [3.63, 3.8) is 0 Å². The van der Waals surface area contributed by atoms with E-state index in [9.17, 15) is 9.59 Å². The largest absolute Gasteiger partial charge is 0.467 e. The first-order chi connectivity index (χ1) is 12.3. The SMILES string of the molecule is O=C(c1n[nH]c(=O)c2ccccc12)N1CCCCC[C@@H]1c1ccco1. The highest BCUT2D eigenvalue weighted by atomic mass is 16.3. The summed E-state index contributed by atoms with van der Waals surface area (Å²) >= 11 is 0. The molecule has 2 aromatic heterocycles. The third-order valence-electron chi connectivity index (χ3n) is 4.78. The van der Waals surface area contributed by atoms with E-state index in [1.807, 2.05) is 23.1 Å². The van der Waals surface area contributed by atoms with Crippen molar-refractivity contribution < 1.29 is 9.21 Å². The van der Waals surface area contributed by atoms with E-state index >= 15 is 0 Å². The normalized spacial score (nSPS) is 18.2. The summed E-state index contributed by atoms with van der Waals surface area (Å²) in [7, 11) is 0. The summed E-state index contributed by atoms with van der Waals surface area (Å²) in [4.78, 5) is 27.1. The van der Waals surface area contributed by atoms with Gasteiger partial charge >= 0.3 is 0 Å². The van der Waals surface area contributed by atoms with Gasteiger partial charge in [-0.05, 0) is 31.0 Å². The molecule has 1 aromatic carbocycles. The first-order valence-corrected chi connectivity index (χ1v) is 8.57. The Kier molecular flexibility index (Phi) is 4.09. The molecule has 1 amide bonds. The lowest BCUT2D eigenvalue weighted by molar-refractivity contribution is 0.0653. The molecule has 0 unspecified atom stereocenters. The number of benzene rings is 1. The summed E-state index contributed by atoms with van der Waals surface area (Å²) in [6.07, 6.45) is 5.58. The van der Waals surface area contributed by atoms with Crippen LogP contribution >= 0.6 is 0 Å². The van der Waals surface area contributed by atoms with E-state index in [1.54, 1.807) is 24.5 Å². The molecule has 1 N–H and O–H groups in total. The van der Waals surface area contributed by atoms with Crippen molar-refractivity contribution in [2.24, 2.45) is 0 Å². The minimum atomic E-state index is -0.286. The van der Waals surface area contributed by atoms with Gasteiger partial charge in [0.25, 0.3) is 11.5 Å². The molecule has 0 aliphatic carbocycles. The minimum absolute atomic E-state index is 0.0995. The van der Waals surface area contributed by atoms with Crippen molar-refractivity contribution in [2.45, 2.75) is 31.7 Å². The highest BCUT2D eigenvalue weighted by Crippen LogP contribution is 2.32. The van der Waals surface area contributed by atoms with Gasteiger partial charge in [0.2, 0.25) is 0 Å². The Balaban J connectivity index is 1.78. The number of hydrogen-bond donors (Lipinski definition) is 1. The number of carbonyl (C=O) groups excluding carboxylic acids is 1. The molecule has 1 saturated heterocycles. The molecule has 1 aliphatic heterocycles. The van der Waals surface area contributed by atoms with Gasteiger partial charge in [-0.25, -0.2) is 5.10 Å². The molecule has 1 aliphatic rings. The van der Waals surface area contributed by atoms with Crippen LogP contribution in [0.1, 0.15) is 48.0 Å². The highest BCUT2D eigenvalue weighted by Gasteiger charge is 2.31. The van der Waals surface area contributed by atoms with Gasteiger partial charge in [-0.15, -0.1) is 0 Å². The van der Waals surface area contributed by atoms with Crippen molar-refractivity contribution >= 4 is 16.7 Å². The zero-order chi connectivity index (χ0) is 17.2. The second kappa shape index (κ2) is 6.55. The number of likely N-dealkylation sites (tertiary alicyclic amines) is 1. The molecule has 128 valence electrons. The summed E-state index contributed by atoms with van der Waals surface area (Å²) in [5.41, 5.74) is -0.000688. The number of aromatic nitrogens is 2. The van der Waals surface area contributed by atoms with Gasteiger partial charge in [0.1, 0.15) is 5.76 Å². The Morgan fingerprint density at radius 3 is 2.76 bits per heavy atom. The van der Waals surface area contributed by atoms with Gasteiger partial charge in [-0.1, -0.05) is 31.0 Å². The number of H-pyrrole nitrogens is 1. The molecule has 6 heteroatoms. The lowest BCUT2D eigenvalue weighted by atomic mass is 10.1. The van der Waals surface area contributed by atoms with E-state index in [1.165, 1.54) is 0 Å². The number of carbonyl (C=O) groups is 1. The Labute approximate surface area is 144 Å². The van der Waals surface area contributed by atoms with Crippen LogP contribution in [0.5, 0.6) is 0 Å². The maximum absolute atomic E-state index is 13.3. The minimum Gasteiger partial charge on any atom is -0.467 e. The summed E-state index contributed by atoms with van der Waals surface area (Å²) in [6.45, 7) is 0.652. The Morgan fingerprint density at radius 2 is 1.96 bits per heavy atom. The van der Waals surface area contributed by atoms with E-state index in [2.05, 4.69) is 10.2 Å². The van der Waals surface area contributed by atoms with Gasteiger partial charge in [0.15, 0.2) is 5.69 Å². The van der Waals surface area contributed by atoms with Crippen molar-refractivity contribution in [1.29, 1.82) is 0 Å². The van der Waals surface area contributed by atoms with E-state index in [0.29, 0.717) is 17.3 Å². The fourth-order valence-electron chi connectivity index (χ4n) is 3.54. The van der Waals surface area contributed by atoms with E-state index in [-0.39, 0.29) is 23.2 Å². The molecular weight excluding hydrogens is 318 g/mol. The summed E-state index contributed by atoms with van der Waals surface area (Å²) < 4.78 is 5.58. The number of amides is 1. The molecule has 0 radical (unpaired) electrons. The number of aromatic amines is 1. The predicted octanol–water partition coefficient (Wildman–Crippen LogP) is 3.27. The monoisotopic (exact) mass is 337 g/mol. The lowest BCUT2D eigenvalue weighted by Crippen LogP contribution is -2.36. The van der Waals surface area contributed by atoms with Crippen LogP contribution in [0.3, 0.4) is 0 Å². The molecule has 1 atom stereocenters. The average molecular weight is 337 g/mol. The fourth-order valence-corrected chi connectivity index (χ4v) is 3.54. The number of hydrogen-bond acceptors (Lipinski definition) is 4. The van der Waals surface area contributed by atoms with Gasteiger partial charge in [0.05, 0.1) is 17.7 Å². The molecule has 6 nitrogen and oxygen atoms in total. The quantitative estimate of drug-likeness (QED) is 0.778. The third-order valence-corrected chi connectivity index (χ3v) is 4.78. The van der Waals surface area contributed by atoms with E-state index in [0.717, 1.165) is 31.4 Å². The molecule has 25 heavy (non-hydrogen) atoms. The Hall–Kier alpha value is -2.89. The summed E-state index contributed by atoms with van der Waals surface area (Å²) in [5, 5.41) is 7.58. The Bertz CT molecular complexity index is 946. The van der Waals surface area contributed by atoms with Gasteiger partial charge in [0, 0.05) is 11.9 Å². The van der Waals surface area contributed by atoms with Crippen LogP contribution in [0.2, 0.25) is 0 Å². The second-order valence-electron chi connectivity index (χ2n) is 6.33. The van der Waals surface area contributed by atoms with Crippen molar-refractivity contribution in [2.75, 3.05) is 6.54 Å². The Morgan fingerprint density at radius 1 is 1.12 bits per heavy atom. The fraction of sp³-hybridized carbons (Fsp3) is 0.316. The van der Waals surface area contributed by atoms with Crippen LogP contribution in [0.4, 0.5) is 0 Å². The number of rotatable bonds is 2. The second-order valence-corrected chi connectivity index (χ2v) is 6.33. The van der Waals surface area contributed by atoms with Crippen LogP contribution < -0.4 is 5.56 Å². The number of nitrogens with one attached hydrogen (secondary N) is 1. The molecule has 3 aromatic rings. The molecular formula is C19H19N3O3. The first-order valence-electron chi connectivity index (χ1n) is 8.57. The van der Waals surface area contributed by atoms with Crippen molar-refractivity contribution in [3.05, 3.63) is 64.5 Å².